The normalized spacial score (nSPS) is 16.6. The highest BCUT2D eigenvalue weighted by molar-refractivity contribution is 5.96. The molecule has 25 heavy (non-hydrogen) atoms. The molecule has 1 N–H and O–H groups in total. The Labute approximate surface area is 148 Å². The molecule has 1 aliphatic rings. The molecule has 0 aliphatic carbocycles. The first-order valence-electron chi connectivity index (χ1n) is 8.75. The Morgan fingerprint density at radius 2 is 1.96 bits per heavy atom. The summed E-state index contributed by atoms with van der Waals surface area (Å²) >= 11 is 0. The van der Waals surface area contributed by atoms with Crippen LogP contribution >= 0.6 is 0 Å². The molecule has 2 heterocycles. The molecule has 0 saturated carbocycles. The van der Waals surface area contributed by atoms with Gasteiger partial charge in [-0.25, -0.2) is 0 Å². The minimum atomic E-state index is -0.514. The number of carbonyl (C=O) groups excluding carboxylic acids is 2. The number of carbonyl (C=O) groups is 2. The van der Waals surface area contributed by atoms with Gasteiger partial charge in [-0.1, -0.05) is 38.1 Å². The minimum absolute atomic E-state index is 0.102. The van der Waals surface area contributed by atoms with Crippen LogP contribution in [0, 0.1) is 5.92 Å². The van der Waals surface area contributed by atoms with Crippen molar-refractivity contribution in [3.8, 4) is 0 Å². The van der Waals surface area contributed by atoms with Crippen LogP contribution in [-0.4, -0.2) is 29.3 Å². The van der Waals surface area contributed by atoms with E-state index < -0.39 is 6.04 Å². The second-order valence-electron chi connectivity index (χ2n) is 6.87. The lowest BCUT2D eigenvalue weighted by Crippen LogP contribution is -2.52. The van der Waals surface area contributed by atoms with Crippen LogP contribution in [0.15, 0.2) is 47.1 Å². The van der Waals surface area contributed by atoms with Crippen molar-refractivity contribution in [2.45, 2.75) is 39.3 Å². The van der Waals surface area contributed by atoms with Crippen molar-refractivity contribution in [1.82, 2.24) is 10.2 Å². The van der Waals surface area contributed by atoms with E-state index in [9.17, 15) is 9.59 Å². The van der Waals surface area contributed by atoms with Crippen molar-refractivity contribution >= 4 is 11.8 Å². The minimum Gasteiger partial charge on any atom is -0.459 e. The van der Waals surface area contributed by atoms with E-state index in [1.165, 1.54) is 6.26 Å². The fourth-order valence-corrected chi connectivity index (χ4v) is 3.11. The lowest BCUT2D eigenvalue weighted by molar-refractivity contribution is -0.126. The highest BCUT2D eigenvalue weighted by Gasteiger charge is 2.35. The number of hydrogen-bond acceptors (Lipinski definition) is 3. The van der Waals surface area contributed by atoms with Gasteiger partial charge in [0.15, 0.2) is 5.76 Å². The summed E-state index contributed by atoms with van der Waals surface area (Å²) in [5.74, 6) is 0.436. The van der Waals surface area contributed by atoms with Crippen molar-refractivity contribution in [3.63, 3.8) is 0 Å². The third-order valence-corrected chi connectivity index (χ3v) is 4.56. The van der Waals surface area contributed by atoms with Gasteiger partial charge in [-0.15, -0.1) is 0 Å². The van der Waals surface area contributed by atoms with E-state index in [1.54, 1.807) is 17.0 Å². The number of rotatable bonds is 5. The van der Waals surface area contributed by atoms with Crippen molar-refractivity contribution < 1.29 is 14.0 Å². The van der Waals surface area contributed by atoms with E-state index in [2.05, 4.69) is 19.2 Å². The molecular weight excluding hydrogens is 316 g/mol. The maximum absolute atomic E-state index is 12.8. The van der Waals surface area contributed by atoms with Gasteiger partial charge in [0.1, 0.15) is 6.04 Å². The van der Waals surface area contributed by atoms with E-state index in [1.807, 2.05) is 24.3 Å². The predicted octanol–water partition coefficient (Wildman–Crippen LogP) is 3.01. The summed E-state index contributed by atoms with van der Waals surface area (Å²) in [6.07, 6.45) is 2.92. The van der Waals surface area contributed by atoms with Crippen LogP contribution < -0.4 is 5.32 Å². The van der Waals surface area contributed by atoms with Crippen molar-refractivity contribution in [1.29, 1.82) is 0 Å². The average Bonchev–Trinajstić information content (AvgIpc) is 3.14. The van der Waals surface area contributed by atoms with Crippen LogP contribution in [0.25, 0.3) is 0 Å². The highest BCUT2D eigenvalue weighted by Crippen LogP contribution is 2.25. The molecule has 1 atom stereocenters. The molecule has 5 nitrogen and oxygen atoms in total. The Hall–Kier alpha value is -2.56. The summed E-state index contributed by atoms with van der Waals surface area (Å²) in [5, 5.41) is 2.98. The fourth-order valence-electron chi connectivity index (χ4n) is 3.11. The summed E-state index contributed by atoms with van der Waals surface area (Å²) < 4.78 is 5.25. The maximum atomic E-state index is 12.8. The van der Waals surface area contributed by atoms with Gasteiger partial charge in [0, 0.05) is 19.5 Å². The first-order chi connectivity index (χ1) is 12.1. The van der Waals surface area contributed by atoms with Crippen LogP contribution in [0.1, 0.15) is 41.9 Å². The molecule has 132 valence electrons. The van der Waals surface area contributed by atoms with Gasteiger partial charge in [0.05, 0.1) is 6.26 Å². The summed E-state index contributed by atoms with van der Waals surface area (Å²) in [6.45, 7) is 5.28. The molecule has 2 amide bonds. The number of benzene rings is 1. The molecule has 1 aromatic heterocycles. The summed E-state index contributed by atoms with van der Waals surface area (Å²) in [4.78, 5) is 27.2. The number of furan rings is 1. The molecule has 0 radical (unpaired) electrons. The highest BCUT2D eigenvalue weighted by atomic mass is 16.3. The Bertz CT molecular complexity index is 737. The van der Waals surface area contributed by atoms with Gasteiger partial charge in [0.2, 0.25) is 5.91 Å². The standard InChI is InChI=1S/C20H24N2O3/c1-14(2)9-10-21-19(23)17-12-15-6-3-4-7-16(15)13-22(17)20(24)18-8-5-11-25-18/h3-8,11,14,17H,9-10,12-13H2,1-2H3,(H,21,23)/t17-/m0/s1. The summed E-state index contributed by atoms with van der Waals surface area (Å²) in [7, 11) is 0. The summed E-state index contributed by atoms with van der Waals surface area (Å²) in [5.41, 5.74) is 2.20. The molecule has 0 unspecified atom stereocenters. The maximum Gasteiger partial charge on any atom is 0.290 e. The fraction of sp³-hybridized carbons (Fsp3) is 0.400. The van der Waals surface area contributed by atoms with E-state index in [0.29, 0.717) is 25.4 Å². The molecule has 1 aromatic carbocycles. The van der Waals surface area contributed by atoms with E-state index >= 15 is 0 Å². The predicted molar refractivity (Wildman–Crippen MR) is 95.0 cm³/mol. The molecule has 0 saturated heterocycles. The van der Waals surface area contributed by atoms with E-state index in [4.69, 9.17) is 4.42 Å². The van der Waals surface area contributed by atoms with Gasteiger partial charge >= 0.3 is 0 Å². The Kier molecular flexibility index (Phi) is 5.22. The molecule has 3 rings (SSSR count). The molecule has 5 heteroatoms. The monoisotopic (exact) mass is 340 g/mol. The lowest BCUT2D eigenvalue weighted by Gasteiger charge is -2.35. The van der Waals surface area contributed by atoms with Crippen LogP contribution in [0.5, 0.6) is 0 Å². The zero-order valence-corrected chi connectivity index (χ0v) is 14.7. The number of nitrogens with zero attached hydrogens (tertiary/aromatic N) is 1. The smallest absolute Gasteiger partial charge is 0.290 e. The first-order valence-corrected chi connectivity index (χ1v) is 8.75. The van der Waals surface area contributed by atoms with Crippen LogP contribution in [0.3, 0.4) is 0 Å². The van der Waals surface area contributed by atoms with Crippen molar-refractivity contribution in [2.24, 2.45) is 5.92 Å². The molecule has 0 bridgehead atoms. The largest absolute Gasteiger partial charge is 0.459 e. The van der Waals surface area contributed by atoms with Gasteiger partial charge in [-0.3, -0.25) is 9.59 Å². The number of hydrogen-bond donors (Lipinski definition) is 1. The van der Waals surface area contributed by atoms with Crippen LogP contribution in [-0.2, 0) is 17.8 Å². The topological polar surface area (TPSA) is 62.6 Å². The Morgan fingerprint density at radius 1 is 1.20 bits per heavy atom. The molecule has 0 spiro atoms. The van der Waals surface area contributed by atoms with Crippen molar-refractivity contribution in [3.05, 3.63) is 59.5 Å². The number of amides is 2. The molecule has 2 aromatic rings. The average molecular weight is 340 g/mol. The summed E-state index contributed by atoms with van der Waals surface area (Å²) in [6, 6.07) is 10.8. The SMILES string of the molecule is CC(C)CCNC(=O)[C@@H]1Cc2ccccc2CN1C(=O)c1ccco1. The number of fused-ring (bicyclic) bond motifs is 1. The molecule has 0 fully saturated rings. The van der Waals surface area contributed by atoms with Gasteiger partial charge in [-0.2, -0.15) is 0 Å². The van der Waals surface area contributed by atoms with Gasteiger partial charge < -0.3 is 14.6 Å². The van der Waals surface area contributed by atoms with Gasteiger partial charge in [0.25, 0.3) is 5.91 Å². The second-order valence-corrected chi connectivity index (χ2v) is 6.87. The molecule has 1 aliphatic heterocycles. The zero-order valence-electron chi connectivity index (χ0n) is 14.7. The Morgan fingerprint density at radius 3 is 2.64 bits per heavy atom. The van der Waals surface area contributed by atoms with E-state index in [-0.39, 0.29) is 17.6 Å². The third-order valence-electron chi connectivity index (χ3n) is 4.56. The Balaban J connectivity index is 1.81. The lowest BCUT2D eigenvalue weighted by atomic mass is 9.93. The number of nitrogens with one attached hydrogen (secondary N) is 1. The zero-order chi connectivity index (χ0) is 17.8. The third kappa shape index (κ3) is 3.92. The first kappa shape index (κ1) is 17.3. The molecular formula is C20H24N2O3. The van der Waals surface area contributed by atoms with Crippen LogP contribution in [0.2, 0.25) is 0 Å². The van der Waals surface area contributed by atoms with Gasteiger partial charge in [-0.05, 0) is 35.6 Å². The van der Waals surface area contributed by atoms with E-state index in [0.717, 1.165) is 17.5 Å². The quantitative estimate of drug-likeness (QED) is 0.910. The van der Waals surface area contributed by atoms with Crippen molar-refractivity contribution in [2.75, 3.05) is 6.54 Å². The second kappa shape index (κ2) is 7.55. The van der Waals surface area contributed by atoms with Crippen LogP contribution in [0.4, 0.5) is 0 Å².